The van der Waals surface area contributed by atoms with E-state index in [9.17, 15) is 4.79 Å². The van der Waals surface area contributed by atoms with E-state index < -0.39 is 0 Å². The van der Waals surface area contributed by atoms with Crippen LogP contribution in [0.1, 0.15) is 79.1 Å². The van der Waals surface area contributed by atoms with Crippen molar-refractivity contribution < 1.29 is 4.79 Å². The molecular weight excluding hydrogens is 432 g/mol. The Morgan fingerprint density at radius 3 is 2.64 bits per heavy atom. The Balaban J connectivity index is 1.30. The Morgan fingerprint density at radius 1 is 1.18 bits per heavy atom. The Labute approximate surface area is 206 Å². The Bertz CT molecular complexity index is 688. The first-order valence-corrected chi connectivity index (χ1v) is 14.1. The van der Waals surface area contributed by atoms with Crippen molar-refractivity contribution in [3.8, 4) is 0 Å². The molecule has 2 aliphatic heterocycles. The van der Waals surface area contributed by atoms with E-state index in [0.717, 1.165) is 57.3 Å². The molecule has 188 valence electrons. The van der Waals surface area contributed by atoms with Gasteiger partial charge in [0.25, 0.3) is 0 Å². The molecule has 4 aliphatic rings. The van der Waals surface area contributed by atoms with E-state index >= 15 is 0 Å². The standard InChI is InChI=1S/C27H47ClN4O/c1-18(2)25(31-26(33)20-7-10-23-24(15-20)30-13-12-29-23)16-32-14-11-22(27(3,4)17-32)19-5-8-21(28)9-6-19/h13,18-25,29H,5-12,14-17H2,1-4H3,(H,31,33)/t19?,20?,21?,22-,23?,24?,25+/m1/s1. The van der Waals surface area contributed by atoms with Crippen molar-refractivity contribution in [3.05, 3.63) is 0 Å². The molecule has 3 fully saturated rings. The van der Waals surface area contributed by atoms with Crippen LogP contribution in [0.4, 0.5) is 0 Å². The fourth-order valence-electron chi connectivity index (χ4n) is 7.18. The second-order valence-corrected chi connectivity index (χ2v) is 13.0. The summed E-state index contributed by atoms with van der Waals surface area (Å²) in [5, 5.41) is 7.40. The van der Waals surface area contributed by atoms with E-state index in [0.29, 0.717) is 22.8 Å². The summed E-state index contributed by atoms with van der Waals surface area (Å²) >= 11 is 6.38. The highest BCUT2D eigenvalue weighted by molar-refractivity contribution is 6.20. The summed E-state index contributed by atoms with van der Waals surface area (Å²) in [5.41, 5.74) is 0.317. The monoisotopic (exact) mass is 478 g/mol. The molecule has 0 spiro atoms. The Morgan fingerprint density at radius 2 is 1.94 bits per heavy atom. The summed E-state index contributed by atoms with van der Waals surface area (Å²) in [4.78, 5) is 20.5. The zero-order valence-electron chi connectivity index (χ0n) is 21.4. The van der Waals surface area contributed by atoms with E-state index in [1.807, 2.05) is 6.21 Å². The van der Waals surface area contributed by atoms with Gasteiger partial charge in [0.1, 0.15) is 0 Å². The number of carbonyl (C=O) groups is 1. The third-order valence-electron chi connectivity index (χ3n) is 9.20. The number of rotatable bonds is 6. The van der Waals surface area contributed by atoms with E-state index in [2.05, 4.69) is 48.2 Å². The zero-order chi connectivity index (χ0) is 23.6. The molecular formula is C27H47ClN4O. The van der Waals surface area contributed by atoms with E-state index in [4.69, 9.17) is 11.6 Å². The Hall–Kier alpha value is -0.650. The normalized spacial score (nSPS) is 38.0. The summed E-state index contributed by atoms with van der Waals surface area (Å²) in [7, 11) is 0. The van der Waals surface area contributed by atoms with Gasteiger partial charge in [-0.2, -0.15) is 0 Å². The van der Waals surface area contributed by atoms with Crippen LogP contribution < -0.4 is 10.6 Å². The van der Waals surface area contributed by atoms with Crippen LogP contribution in [0, 0.1) is 29.1 Å². The smallest absolute Gasteiger partial charge is 0.223 e. The van der Waals surface area contributed by atoms with Crippen molar-refractivity contribution in [1.29, 1.82) is 0 Å². The number of alkyl halides is 1. The number of likely N-dealkylation sites (tertiary alicyclic amines) is 1. The van der Waals surface area contributed by atoms with Gasteiger partial charge >= 0.3 is 0 Å². The largest absolute Gasteiger partial charge is 0.352 e. The third kappa shape index (κ3) is 6.32. The molecule has 4 rings (SSSR count). The number of fused-ring (bicyclic) bond motifs is 1. The van der Waals surface area contributed by atoms with Gasteiger partial charge in [0.2, 0.25) is 5.91 Å². The van der Waals surface area contributed by atoms with E-state index in [1.165, 1.54) is 32.1 Å². The summed E-state index contributed by atoms with van der Waals surface area (Å²) < 4.78 is 0. The molecule has 1 saturated heterocycles. The molecule has 0 aromatic rings. The predicted octanol–water partition coefficient (Wildman–Crippen LogP) is 4.48. The SMILES string of the molecule is CC(C)[C@H](CN1CC[C@H](C2CCC(Cl)CC2)C(C)(C)C1)NC(=O)C1CCC2NCC=NC2C1. The van der Waals surface area contributed by atoms with E-state index in [-0.39, 0.29) is 23.9 Å². The zero-order valence-corrected chi connectivity index (χ0v) is 22.1. The number of nitrogens with zero attached hydrogens (tertiary/aromatic N) is 2. The molecule has 6 heteroatoms. The van der Waals surface area contributed by atoms with Gasteiger partial charge in [0.05, 0.1) is 6.04 Å². The quantitative estimate of drug-likeness (QED) is 0.553. The van der Waals surface area contributed by atoms with Crippen LogP contribution in [0.15, 0.2) is 4.99 Å². The number of hydrogen-bond donors (Lipinski definition) is 2. The van der Waals surface area contributed by atoms with Gasteiger partial charge in [-0.1, -0.05) is 27.7 Å². The average molecular weight is 479 g/mol. The number of nitrogens with one attached hydrogen (secondary N) is 2. The van der Waals surface area contributed by atoms with E-state index in [1.54, 1.807) is 0 Å². The number of halogens is 1. The van der Waals surface area contributed by atoms with Crippen molar-refractivity contribution in [2.45, 2.75) is 103 Å². The molecule has 0 aromatic heterocycles. The van der Waals surface area contributed by atoms with Gasteiger partial charge in [-0.3, -0.25) is 9.79 Å². The molecule has 0 radical (unpaired) electrons. The maximum absolute atomic E-state index is 13.2. The summed E-state index contributed by atoms with van der Waals surface area (Å²) in [6, 6.07) is 0.944. The lowest BCUT2D eigenvalue weighted by molar-refractivity contribution is -0.127. The molecule has 2 heterocycles. The molecule has 1 amide bonds. The van der Waals surface area contributed by atoms with Crippen LogP contribution in [0.2, 0.25) is 0 Å². The highest BCUT2D eigenvalue weighted by atomic mass is 35.5. The lowest BCUT2D eigenvalue weighted by Crippen LogP contribution is -2.55. The van der Waals surface area contributed by atoms with Gasteiger partial charge in [0, 0.05) is 49.2 Å². The van der Waals surface area contributed by atoms with Gasteiger partial charge in [0.15, 0.2) is 0 Å². The van der Waals surface area contributed by atoms with Gasteiger partial charge < -0.3 is 15.5 Å². The Kier molecular flexibility index (Phi) is 8.44. The predicted molar refractivity (Wildman–Crippen MR) is 138 cm³/mol. The average Bonchev–Trinajstić information content (AvgIpc) is 2.78. The van der Waals surface area contributed by atoms with Crippen molar-refractivity contribution in [2.75, 3.05) is 26.2 Å². The first kappa shape index (κ1) is 25.4. The van der Waals surface area contributed by atoms with Crippen molar-refractivity contribution in [1.82, 2.24) is 15.5 Å². The third-order valence-corrected chi connectivity index (χ3v) is 9.64. The molecule has 2 saturated carbocycles. The van der Waals surface area contributed by atoms with Gasteiger partial charge in [-0.25, -0.2) is 0 Å². The number of aliphatic imine (C=N–C) groups is 1. The lowest BCUT2D eigenvalue weighted by atomic mass is 9.64. The number of carbonyl (C=O) groups excluding carboxylic acids is 1. The second-order valence-electron chi connectivity index (χ2n) is 12.4. The molecule has 2 N–H and O–H groups in total. The van der Waals surface area contributed by atoms with Crippen molar-refractivity contribution in [3.63, 3.8) is 0 Å². The summed E-state index contributed by atoms with van der Waals surface area (Å²) in [6.45, 7) is 13.6. The number of amides is 1. The van der Waals surface area contributed by atoms with Crippen LogP contribution in [0.25, 0.3) is 0 Å². The van der Waals surface area contributed by atoms with Gasteiger partial charge in [-0.05, 0) is 81.1 Å². The molecule has 0 aromatic carbocycles. The second kappa shape index (κ2) is 11.0. The van der Waals surface area contributed by atoms with Crippen LogP contribution >= 0.6 is 11.6 Å². The highest BCUT2D eigenvalue weighted by Crippen LogP contribution is 2.45. The fourth-order valence-corrected chi connectivity index (χ4v) is 7.43. The summed E-state index contributed by atoms with van der Waals surface area (Å²) in [5.74, 6) is 2.41. The minimum atomic E-state index is 0.101. The van der Waals surface area contributed by atoms with Crippen LogP contribution in [0.5, 0.6) is 0 Å². The minimum Gasteiger partial charge on any atom is -0.352 e. The summed E-state index contributed by atoms with van der Waals surface area (Å²) in [6.07, 6.45) is 11.1. The van der Waals surface area contributed by atoms with Gasteiger partial charge in [-0.15, -0.1) is 11.6 Å². The van der Waals surface area contributed by atoms with Crippen LogP contribution in [0.3, 0.4) is 0 Å². The fraction of sp³-hybridized carbons (Fsp3) is 0.926. The van der Waals surface area contributed by atoms with Crippen molar-refractivity contribution in [2.24, 2.45) is 34.1 Å². The molecule has 2 aliphatic carbocycles. The molecule has 5 nitrogen and oxygen atoms in total. The molecule has 0 bridgehead atoms. The topological polar surface area (TPSA) is 56.7 Å². The maximum atomic E-state index is 13.2. The van der Waals surface area contributed by atoms with Crippen LogP contribution in [-0.2, 0) is 4.79 Å². The first-order chi connectivity index (χ1) is 15.7. The highest BCUT2D eigenvalue weighted by Gasteiger charge is 2.42. The molecule has 3 unspecified atom stereocenters. The lowest BCUT2D eigenvalue weighted by Gasteiger charge is -2.49. The maximum Gasteiger partial charge on any atom is 0.223 e. The van der Waals surface area contributed by atoms with Crippen molar-refractivity contribution >= 4 is 23.7 Å². The van der Waals surface area contributed by atoms with Crippen LogP contribution in [-0.4, -0.2) is 66.7 Å². The molecule has 33 heavy (non-hydrogen) atoms. The molecule has 5 atom stereocenters. The number of hydrogen-bond acceptors (Lipinski definition) is 4. The number of piperidine rings is 1. The minimum absolute atomic E-state index is 0.101. The first-order valence-electron chi connectivity index (χ1n) is 13.6.